The van der Waals surface area contributed by atoms with Crippen LogP contribution >= 0.6 is 0 Å². The molecular formula is C31H32FNO5. The van der Waals surface area contributed by atoms with Gasteiger partial charge in [0.2, 0.25) is 0 Å². The van der Waals surface area contributed by atoms with Crippen molar-refractivity contribution in [1.82, 2.24) is 4.90 Å². The Morgan fingerprint density at radius 2 is 1.50 bits per heavy atom. The molecule has 38 heavy (non-hydrogen) atoms. The van der Waals surface area contributed by atoms with Crippen LogP contribution in [-0.2, 0) is 21.4 Å². The third kappa shape index (κ3) is 5.14. The van der Waals surface area contributed by atoms with Crippen LogP contribution in [-0.4, -0.2) is 42.5 Å². The predicted octanol–water partition coefficient (Wildman–Crippen LogP) is 5.80. The van der Waals surface area contributed by atoms with Crippen LogP contribution in [0.25, 0.3) is 5.76 Å². The van der Waals surface area contributed by atoms with Gasteiger partial charge in [0.15, 0.2) is 0 Å². The lowest BCUT2D eigenvalue weighted by molar-refractivity contribution is -0.139. The van der Waals surface area contributed by atoms with Crippen molar-refractivity contribution >= 4 is 17.4 Å². The van der Waals surface area contributed by atoms with E-state index in [9.17, 15) is 19.1 Å². The molecule has 1 unspecified atom stereocenters. The number of benzene rings is 3. The van der Waals surface area contributed by atoms with E-state index in [1.807, 2.05) is 24.3 Å². The minimum atomic E-state index is -0.834. The molecule has 0 aliphatic carbocycles. The summed E-state index contributed by atoms with van der Waals surface area (Å²) in [6.45, 7) is 6.50. The molecule has 3 aromatic rings. The fourth-order valence-corrected chi connectivity index (χ4v) is 4.74. The first-order valence-electron chi connectivity index (χ1n) is 12.4. The van der Waals surface area contributed by atoms with Crippen LogP contribution in [0.1, 0.15) is 49.1 Å². The first kappa shape index (κ1) is 26.9. The van der Waals surface area contributed by atoms with E-state index in [-0.39, 0.29) is 34.7 Å². The Bertz CT molecular complexity index is 1350. The van der Waals surface area contributed by atoms with Gasteiger partial charge in [0, 0.05) is 6.54 Å². The van der Waals surface area contributed by atoms with Crippen molar-refractivity contribution in [2.75, 3.05) is 20.8 Å². The number of nitrogens with zero attached hydrogens (tertiary/aromatic N) is 1. The van der Waals surface area contributed by atoms with E-state index >= 15 is 0 Å². The first-order chi connectivity index (χ1) is 18.1. The number of ketones is 1. The SMILES string of the molecule is COc1cccc(OC)c1/C(O)=C1\C(=O)C(=O)N(CCc2ccc(F)cc2)C1c1ccc(C(C)(C)C)cc1. The van der Waals surface area contributed by atoms with Gasteiger partial charge in [0.05, 0.1) is 25.8 Å². The Morgan fingerprint density at radius 3 is 2.03 bits per heavy atom. The molecule has 0 aromatic heterocycles. The molecule has 0 bridgehead atoms. The Kier molecular flexibility index (Phi) is 7.58. The van der Waals surface area contributed by atoms with Crippen molar-refractivity contribution in [2.24, 2.45) is 0 Å². The number of ether oxygens (including phenoxy) is 2. The number of carbonyl (C=O) groups is 2. The zero-order chi connectivity index (χ0) is 27.6. The molecule has 3 aromatic carbocycles. The highest BCUT2D eigenvalue weighted by Gasteiger charge is 2.46. The lowest BCUT2D eigenvalue weighted by Crippen LogP contribution is -2.31. The molecule has 4 rings (SSSR count). The summed E-state index contributed by atoms with van der Waals surface area (Å²) >= 11 is 0. The highest BCUT2D eigenvalue weighted by Crippen LogP contribution is 2.43. The quantitative estimate of drug-likeness (QED) is 0.243. The molecule has 0 spiro atoms. The molecule has 198 valence electrons. The molecule has 0 saturated carbocycles. The maximum absolute atomic E-state index is 13.5. The zero-order valence-corrected chi connectivity index (χ0v) is 22.2. The second-order valence-electron chi connectivity index (χ2n) is 10.3. The molecule has 0 radical (unpaired) electrons. The number of carbonyl (C=O) groups excluding carboxylic acids is 2. The van der Waals surface area contributed by atoms with Crippen LogP contribution < -0.4 is 9.47 Å². The number of hydrogen-bond donors (Lipinski definition) is 1. The highest BCUT2D eigenvalue weighted by atomic mass is 19.1. The number of aliphatic hydroxyl groups excluding tert-OH is 1. The van der Waals surface area contributed by atoms with E-state index in [0.717, 1.165) is 11.1 Å². The van der Waals surface area contributed by atoms with Gasteiger partial charge in [-0.1, -0.05) is 63.2 Å². The summed E-state index contributed by atoms with van der Waals surface area (Å²) < 4.78 is 24.3. The lowest BCUT2D eigenvalue weighted by atomic mass is 9.85. The maximum atomic E-state index is 13.5. The number of hydrogen-bond acceptors (Lipinski definition) is 5. The van der Waals surface area contributed by atoms with Crippen LogP contribution in [0, 0.1) is 5.82 Å². The molecule has 1 fully saturated rings. The molecule has 1 N–H and O–H groups in total. The van der Waals surface area contributed by atoms with Crippen molar-refractivity contribution in [3.05, 3.63) is 100 Å². The summed E-state index contributed by atoms with van der Waals surface area (Å²) in [5.41, 5.74) is 2.67. The van der Waals surface area contributed by atoms with Crippen LogP contribution in [0.4, 0.5) is 4.39 Å². The van der Waals surface area contributed by atoms with Crippen LogP contribution in [0.2, 0.25) is 0 Å². The summed E-state index contributed by atoms with van der Waals surface area (Å²) in [4.78, 5) is 28.3. The van der Waals surface area contributed by atoms with Crippen molar-refractivity contribution in [1.29, 1.82) is 0 Å². The van der Waals surface area contributed by atoms with Crippen LogP contribution in [0.3, 0.4) is 0 Å². The second-order valence-corrected chi connectivity index (χ2v) is 10.3. The first-order valence-corrected chi connectivity index (χ1v) is 12.4. The van der Waals surface area contributed by atoms with Gasteiger partial charge in [-0.05, 0) is 52.8 Å². The number of likely N-dealkylation sites (tertiary alicyclic amines) is 1. The summed E-state index contributed by atoms with van der Waals surface area (Å²) in [6.07, 6.45) is 0.405. The summed E-state index contributed by atoms with van der Waals surface area (Å²) in [6, 6.07) is 17.9. The van der Waals surface area contributed by atoms with E-state index in [0.29, 0.717) is 23.5 Å². The van der Waals surface area contributed by atoms with Crippen LogP contribution in [0.15, 0.2) is 72.3 Å². The number of aliphatic hydroxyl groups is 1. The van der Waals surface area contributed by atoms with E-state index in [2.05, 4.69) is 20.8 Å². The van der Waals surface area contributed by atoms with E-state index in [4.69, 9.17) is 9.47 Å². The average Bonchev–Trinajstić information content (AvgIpc) is 3.16. The average molecular weight is 518 g/mol. The third-order valence-electron chi connectivity index (χ3n) is 6.85. The van der Waals surface area contributed by atoms with Crippen molar-refractivity contribution in [2.45, 2.75) is 38.6 Å². The largest absolute Gasteiger partial charge is 0.506 e. The lowest BCUT2D eigenvalue weighted by Gasteiger charge is -2.27. The Labute approximate surface area is 222 Å². The molecule has 1 saturated heterocycles. The molecular weight excluding hydrogens is 485 g/mol. The molecule has 1 atom stereocenters. The van der Waals surface area contributed by atoms with E-state index < -0.39 is 17.7 Å². The Hall–Kier alpha value is -4.13. The third-order valence-corrected chi connectivity index (χ3v) is 6.85. The number of methoxy groups -OCH3 is 2. The fraction of sp³-hybridized carbons (Fsp3) is 0.290. The minimum absolute atomic E-state index is 0.0413. The normalized spacial score (nSPS) is 17.1. The van der Waals surface area contributed by atoms with Gasteiger partial charge in [-0.25, -0.2) is 4.39 Å². The molecule has 1 heterocycles. The van der Waals surface area contributed by atoms with Gasteiger partial charge in [-0.15, -0.1) is 0 Å². The van der Waals surface area contributed by atoms with Gasteiger partial charge in [0.1, 0.15) is 28.6 Å². The second kappa shape index (κ2) is 10.7. The topological polar surface area (TPSA) is 76.1 Å². The van der Waals surface area contributed by atoms with Crippen molar-refractivity contribution in [3.63, 3.8) is 0 Å². The summed E-state index contributed by atoms with van der Waals surface area (Å²) in [7, 11) is 2.91. The molecule has 1 aliphatic heterocycles. The number of amides is 1. The smallest absolute Gasteiger partial charge is 0.295 e. The molecule has 1 amide bonds. The molecule has 7 heteroatoms. The van der Waals surface area contributed by atoms with Gasteiger partial charge in [-0.3, -0.25) is 9.59 Å². The van der Waals surface area contributed by atoms with Crippen molar-refractivity contribution < 1.29 is 28.6 Å². The van der Waals surface area contributed by atoms with Gasteiger partial charge in [-0.2, -0.15) is 0 Å². The minimum Gasteiger partial charge on any atom is -0.506 e. The number of Topliss-reactive ketones (excluding diaryl/α,β-unsaturated/α-hetero) is 1. The van der Waals surface area contributed by atoms with Crippen molar-refractivity contribution in [3.8, 4) is 11.5 Å². The van der Waals surface area contributed by atoms with Gasteiger partial charge in [0.25, 0.3) is 11.7 Å². The Morgan fingerprint density at radius 1 is 0.921 bits per heavy atom. The number of rotatable bonds is 7. The molecule has 6 nitrogen and oxygen atoms in total. The maximum Gasteiger partial charge on any atom is 0.295 e. The van der Waals surface area contributed by atoms with E-state index in [1.54, 1.807) is 30.3 Å². The van der Waals surface area contributed by atoms with Crippen LogP contribution in [0.5, 0.6) is 11.5 Å². The number of halogens is 1. The summed E-state index contributed by atoms with van der Waals surface area (Å²) in [5, 5.41) is 11.6. The monoisotopic (exact) mass is 517 g/mol. The zero-order valence-electron chi connectivity index (χ0n) is 22.2. The van der Waals surface area contributed by atoms with Gasteiger partial charge < -0.3 is 19.5 Å². The van der Waals surface area contributed by atoms with E-state index in [1.165, 1.54) is 31.3 Å². The Balaban J connectivity index is 1.86. The fourth-order valence-electron chi connectivity index (χ4n) is 4.74. The predicted molar refractivity (Wildman–Crippen MR) is 144 cm³/mol. The van der Waals surface area contributed by atoms with Gasteiger partial charge >= 0.3 is 0 Å². The summed E-state index contributed by atoms with van der Waals surface area (Å²) in [5.74, 6) is -1.61. The molecule has 1 aliphatic rings. The highest BCUT2D eigenvalue weighted by molar-refractivity contribution is 6.46. The standard InChI is InChI=1S/C31H32FNO5/c1-31(2,3)21-13-11-20(12-14-21)27-26(28(34)25-23(37-4)7-6-8-24(25)38-5)29(35)30(36)33(27)18-17-19-9-15-22(32)16-10-19/h6-16,27,34H,17-18H2,1-5H3/b28-26+.